The van der Waals surface area contributed by atoms with E-state index in [1.807, 2.05) is 35.2 Å². The van der Waals surface area contributed by atoms with Crippen molar-refractivity contribution in [3.8, 4) is 0 Å². The van der Waals surface area contributed by atoms with E-state index in [0.717, 1.165) is 28.0 Å². The van der Waals surface area contributed by atoms with Gasteiger partial charge in [-0.25, -0.2) is 4.21 Å². The second-order valence-corrected chi connectivity index (χ2v) is 6.65. The maximum atomic E-state index is 12.3. The lowest BCUT2D eigenvalue weighted by Gasteiger charge is -2.07. The van der Waals surface area contributed by atoms with Crippen LogP contribution in [-0.4, -0.2) is 19.1 Å². The molecule has 0 saturated heterocycles. The van der Waals surface area contributed by atoms with E-state index < -0.39 is 11.0 Å². The Hall–Kier alpha value is -1.70. The lowest BCUT2D eigenvalue weighted by atomic mass is 10.2. The highest BCUT2D eigenvalue weighted by Gasteiger charge is 2.11. The molecule has 1 unspecified atom stereocenters. The molecule has 0 aliphatic heterocycles. The lowest BCUT2D eigenvalue weighted by molar-refractivity contribution is 0.283. The van der Waals surface area contributed by atoms with Gasteiger partial charge in [-0.1, -0.05) is 0 Å². The monoisotopic (exact) mass is 321 g/mol. The van der Waals surface area contributed by atoms with E-state index in [1.165, 1.54) is 11.3 Å². The Morgan fingerprint density at radius 2 is 2.29 bits per heavy atom. The summed E-state index contributed by atoms with van der Waals surface area (Å²) >= 11 is 1.40. The summed E-state index contributed by atoms with van der Waals surface area (Å²) < 4.78 is 17.2. The molecule has 110 valence electrons. The van der Waals surface area contributed by atoms with Gasteiger partial charge in [-0.2, -0.15) is 5.10 Å². The molecule has 0 bridgehead atoms. The standard InChI is InChI=1S/C14H15N3O2S2/c1-2-17-12-4-3-11(7-10(12)8-15-17)16-21(19)14-5-6-20-13(14)9-18/h3-8,16,18H,2,9H2,1H3. The first-order valence-corrected chi connectivity index (χ1v) is 8.57. The summed E-state index contributed by atoms with van der Waals surface area (Å²) in [6.45, 7) is 2.76. The van der Waals surface area contributed by atoms with Crippen molar-refractivity contribution in [3.63, 3.8) is 0 Å². The van der Waals surface area contributed by atoms with Crippen LogP contribution in [0.1, 0.15) is 11.8 Å². The zero-order valence-corrected chi connectivity index (χ0v) is 13.1. The maximum Gasteiger partial charge on any atom is 0.151 e. The fraction of sp³-hybridized carbons (Fsp3) is 0.214. The predicted molar refractivity (Wildman–Crippen MR) is 85.7 cm³/mol. The topological polar surface area (TPSA) is 67.2 Å². The van der Waals surface area contributed by atoms with Crippen LogP contribution in [0.3, 0.4) is 0 Å². The average Bonchev–Trinajstić information content (AvgIpc) is 3.12. The number of fused-ring (bicyclic) bond motifs is 1. The van der Waals surface area contributed by atoms with Gasteiger partial charge in [0.1, 0.15) is 0 Å². The number of thiophene rings is 1. The number of aryl methyl sites for hydroxylation is 1. The summed E-state index contributed by atoms with van der Waals surface area (Å²) in [5.74, 6) is 0. The summed E-state index contributed by atoms with van der Waals surface area (Å²) in [5, 5.41) is 16.4. The molecule has 0 aliphatic rings. The molecule has 2 N–H and O–H groups in total. The maximum absolute atomic E-state index is 12.3. The Bertz CT molecular complexity index is 794. The molecule has 2 heterocycles. The average molecular weight is 321 g/mol. The highest BCUT2D eigenvalue weighted by atomic mass is 32.2. The van der Waals surface area contributed by atoms with Gasteiger partial charge in [-0.3, -0.25) is 4.68 Å². The zero-order valence-electron chi connectivity index (χ0n) is 11.4. The van der Waals surface area contributed by atoms with Crippen LogP contribution in [-0.2, 0) is 24.1 Å². The number of aromatic nitrogens is 2. The van der Waals surface area contributed by atoms with E-state index in [1.54, 1.807) is 12.3 Å². The largest absolute Gasteiger partial charge is 0.391 e. The van der Waals surface area contributed by atoms with Gasteiger partial charge in [0.2, 0.25) is 0 Å². The van der Waals surface area contributed by atoms with Crippen LogP contribution in [0.25, 0.3) is 10.9 Å². The minimum atomic E-state index is -1.38. The Kier molecular flexibility index (Phi) is 4.05. The lowest BCUT2D eigenvalue weighted by Crippen LogP contribution is -2.05. The molecule has 7 heteroatoms. The molecular weight excluding hydrogens is 306 g/mol. The molecule has 1 atom stereocenters. The highest BCUT2D eigenvalue weighted by Crippen LogP contribution is 2.24. The molecule has 0 fully saturated rings. The number of hydrogen-bond donors (Lipinski definition) is 2. The van der Waals surface area contributed by atoms with Crippen LogP contribution < -0.4 is 4.72 Å². The quantitative estimate of drug-likeness (QED) is 0.759. The number of hydrogen-bond acceptors (Lipinski definition) is 4. The summed E-state index contributed by atoms with van der Waals surface area (Å²) in [6.07, 6.45) is 1.80. The Morgan fingerprint density at radius 3 is 3.05 bits per heavy atom. The number of nitrogens with one attached hydrogen (secondary N) is 1. The summed E-state index contributed by atoms with van der Waals surface area (Å²) in [6, 6.07) is 7.55. The molecule has 3 aromatic rings. The van der Waals surface area contributed by atoms with Crippen LogP contribution in [0.5, 0.6) is 0 Å². The van der Waals surface area contributed by atoms with Crippen molar-refractivity contribution in [1.29, 1.82) is 0 Å². The van der Waals surface area contributed by atoms with Crippen LogP contribution >= 0.6 is 11.3 Å². The van der Waals surface area contributed by atoms with Crippen molar-refractivity contribution in [2.75, 3.05) is 4.72 Å². The fourth-order valence-corrected chi connectivity index (χ4v) is 4.17. The van der Waals surface area contributed by atoms with Gasteiger partial charge in [-0.05, 0) is 36.6 Å². The minimum absolute atomic E-state index is 0.0945. The van der Waals surface area contributed by atoms with E-state index in [2.05, 4.69) is 9.82 Å². The Morgan fingerprint density at radius 1 is 1.43 bits per heavy atom. The van der Waals surface area contributed by atoms with E-state index >= 15 is 0 Å². The van der Waals surface area contributed by atoms with Crippen molar-refractivity contribution in [2.45, 2.75) is 25.0 Å². The first kappa shape index (κ1) is 14.2. The Balaban J connectivity index is 1.86. The summed E-state index contributed by atoms with van der Waals surface area (Å²) in [5.41, 5.74) is 1.83. The SMILES string of the molecule is CCn1ncc2cc(NS(=O)c3ccsc3CO)ccc21. The van der Waals surface area contributed by atoms with E-state index in [9.17, 15) is 9.32 Å². The molecule has 0 saturated carbocycles. The molecule has 1 aromatic carbocycles. The molecule has 21 heavy (non-hydrogen) atoms. The highest BCUT2D eigenvalue weighted by molar-refractivity contribution is 7.86. The molecule has 0 aliphatic carbocycles. The number of rotatable bonds is 5. The first-order chi connectivity index (χ1) is 10.2. The zero-order chi connectivity index (χ0) is 14.8. The van der Waals surface area contributed by atoms with Gasteiger partial charge in [0.15, 0.2) is 11.0 Å². The molecule has 2 aromatic heterocycles. The van der Waals surface area contributed by atoms with Gasteiger partial charge in [0.25, 0.3) is 0 Å². The van der Waals surface area contributed by atoms with Gasteiger partial charge < -0.3 is 9.83 Å². The van der Waals surface area contributed by atoms with Crippen LogP contribution in [0.2, 0.25) is 0 Å². The third-order valence-corrected chi connectivity index (χ3v) is 5.44. The van der Waals surface area contributed by atoms with E-state index in [0.29, 0.717) is 4.90 Å². The van der Waals surface area contributed by atoms with E-state index in [-0.39, 0.29) is 6.61 Å². The fourth-order valence-electron chi connectivity index (χ4n) is 2.17. The Labute approximate surface area is 128 Å². The van der Waals surface area contributed by atoms with Crippen LogP contribution in [0.4, 0.5) is 5.69 Å². The second-order valence-electron chi connectivity index (χ2n) is 4.47. The van der Waals surface area contributed by atoms with Crippen LogP contribution in [0.15, 0.2) is 40.7 Å². The number of aliphatic hydroxyl groups is 1. The summed E-state index contributed by atoms with van der Waals surface area (Å²) in [7, 11) is -1.38. The van der Waals surface area contributed by atoms with Gasteiger partial charge in [-0.15, -0.1) is 11.3 Å². The van der Waals surface area contributed by atoms with Gasteiger partial charge >= 0.3 is 0 Å². The van der Waals surface area contributed by atoms with Crippen molar-refractivity contribution in [3.05, 3.63) is 40.7 Å². The van der Waals surface area contributed by atoms with Crippen molar-refractivity contribution in [1.82, 2.24) is 9.78 Å². The predicted octanol–water partition coefficient (Wildman–Crippen LogP) is 2.74. The minimum Gasteiger partial charge on any atom is -0.391 e. The number of nitrogens with zero attached hydrogens (tertiary/aromatic N) is 2. The molecule has 0 amide bonds. The van der Waals surface area contributed by atoms with Gasteiger partial charge in [0.05, 0.1) is 23.2 Å². The molecule has 5 nitrogen and oxygen atoms in total. The number of benzene rings is 1. The van der Waals surface area contributed by atoms with Gasteiger partial charge in [0, 0.05) is 22.5 Å². The number of aliphatic hydroxyl groups excluding tert-OH is 1. The summed E-state index contributed by atoms with van der Waals surface area (Å²) in [4.78, 5) is 1.35. The third-order valence-electron chi connectivity index (χ3n) is 3.20. The first-order valence-electron chi connectivity index (χ1n) is 6.54. The normalized spacial score (nSPS) is 12.7. The molecule has 3 rings (SSSR count). The van der Waals surface area contributed by atoms with Crippen molar-refractivity contribution < 1.29 is 9.32 Å². The second kappa shape index (κ2) is 5.97. The smallest absolute Gasteiger partial charge is 0.151 e. The van der Waals surface area contributed by atoms with Crippen LogP contribution in [0, 0.1) is 0 Å². The molecule has 0 spiro atoms. The molecule has 0 radical (unpaired) electrons. The molecular formula is C14H15N3O2S2. The number of anilines is 1. The van der Waals surface area contributed by atoms with E-state index in [4.69, 9.17) is 0 Å². The third kappa shape index (κ3) is 2.72. The van der Waals surface area contributed by atoms with Crippen molar-refractivity contribution >= 4 is 38.9 Å². The van der Waals surface area contributed by atoms with Crippen molar-refractivity contribution in [2.24, 2.45) is 0 Å².